The second-order valence-electron chi connectivity index (χ2n) is 4.47. The van der Waals surface area contributed by atoms with Crippen LogP contribution in [0.5, 0.6) is 0 Å². The van der Waals surface area contributed by atoms with Crippen LogP contribution < -0.4 is 5.32 Å². The van der Waals surface area contributed by atoms with Crippen LogP contribution in [-0.2, 0) is 15.9 Å². The van der Waals surface area contributed by atoms with Crippen molar-refractivity contribution < 1.29 is 9.47 Å². The van der Waals surface area contributed by atoms with Gasteiger partial charge in [0.15, 0.2) is 6.29 Å². The second-order valence-corrected chi connectivity index (χ2v) is 4.88. The minimum absolute atomic E-state index is 0.0834. The minimum atomic E-state index is -0.252. The molecule has 1 N–H and O–H groups in total. The molecule has 0 radical (unpaired) electrons. The van der Waals surface area contributed by atoms with Gasteiger partial charge >= 0.3 is 0 Å². The standard InChI is InChI=1S/C15H24ClNO2/c1-5-18-15(19-6-2)14(17-4)10-12-8-7-11(3)9-13(12)16/h7-9,14-15,17H,5-6,10H2,1-4H3. The maximum absolute atomic E-state index is 6.28. The summed E-state index contributed by atoms with van der Waals surface area (Å²) in [5.41, 5.74) is 2.27. The van der Waals surface area contributed by atoms with Crippen molar-refractivity contribution in [3.8, 4) is 0 Å². The van der Waals surface area contributed by atoms with E-state index in [-0.39, 0.29) is 12.3 Å². The molecule has 1 rings (SSSR count). The lowest BCUT2D eigenvalue weighted by atomic mass is 10.0. The van der Waals surface area contributed by atoms with Crippen molar-refractivity contribution in [2.75, 3.05) is 20.3 Å². The molecule has 0 aliphatic carbocycles. The Morgan fingerprint density at radius 3 is 2.32 bits per heavy atom. The van der Waals surface area contributed by atoms with Crippen molar-refractivity contribution in [1.82, 2.24) is 5.32 Å². The van der Waals surface area contributed by atoms with E-state index in [1.54, 1.807) is 0 Å². The molecule has 4 heteroatoms. The van der Waals surface area contributed by atoms with Crippen molar-refractivity contribution >= 4 is 11.6 Å². The number of hydrogen-bond donors (Lipinski definition) is 1. The Bertz CT molecular complexity index is 378. The molecule has 1 aromatic rings. The molecular formula is C15H24ClNO2. The third kappa shape index (κ3) is 5.11. The average Bonchev–Trinajstić information content (AvgIpc) is 2.38. The fourth-order valence-electron chi connectivity index (χ4n) is 2.00. The lowest BCUT2D eigenvalue weighted by molar-refractivity contribution is -0.152. The molecule has 0 spiro atoms. The molecule has 0 saturated heterocycles. The van der Waals surface area contributed by atoms with Crippen LogP contribution in [0.1, 0.15) is 25.0 Å². The van der Waals surface area contributed by atoms with E-state index >= 15 is 0 Å². The van der Waals surface area contributed by atoms with E-state index in [0.29, 0.717) is 13.2 Å². The summed E-state index contributed by atoms with van der Waals surface area (Å²) in [5.74, 6) is 0. The van der Waals surface area contributed by atoms with E-state index in [9.17, 15) is 0 Å². The van der Waals surface area contributed by atoms with Gasteiger partial charge in [-0.25, -0.2) is 0 Å². The number of nitrogens with one attached hydrogen (secondary N) is 1. The van der Waals surface area contributed by atoms with Gasteiger partial charge in [0.2, 0.25) is 0 Å². The van der Waals surface area contributed by atoms with Gasteiger partial charge in [0.1, 0.15) is 0 Å². The van der Waals surface area contributed by atoms with Gasteiger partial charge in [-0.3, -0.25) is 0 Å². The summed E-state index contributed by atoms with van der Waals surface area (Å²) in [7, 11) is 1.91. The Labute approximate surface area is 121 Å². The second kappa shape index (κ2) is 8.54. The topological polar surface area (TPSA) is 30.5 Å². The molecule has 3 nitrogen and oxygen atoms in total. The molecule has 0 heterocycles. The zero-order chi connectivity index (χ0) is 14.3. The molecule has 1 atom stereocenters. The molecule has 0 bridgehead atoms. The Morgan fingerprint density at radius 1 is 1.21 bits per heavy atom. The summed E-state index contributed by atoms with van der Waals surface area (Å²) in [5, 5.41) is 4.05. The predicted octanol–water partition coefficient (Wildman–Crippen LogP) is 3.18. The van der Waals surface area contributed by atoms with Crippen molar-refractivity contribution in [2.24, 2.45) is 0 Å². The summed E-state index contributed by atoms with van der Waals surface area (Å²) in [4.78, 5) is 0. The molecule has 0 fully saturated rings. The van der Waals surface area contributed by atoms with Gasteiger partial charge in [0, 0.05) is 18.2 Å². The molecule has 0 aliphatic rings. The maximum atomic E-state index is 6.28. The Morgan fingerprint density at radius 2 is 1.84 bits per heavy atom. The van der Waals surface area contributed by atoms with Crippen LogP contribution in [0.4, 0.5) is 0 Å². The monoisotopic (exact) mass is 285 g/mol. The van der Waals surface area contributed by atoms with Crippen LogP contribution in [0, 0.1) is 6.92 Å². The fourth-order valence-corrected chi connectivity index (χ4v) is 2.31. The van der Waals surface area contributed by atoms with E-state index in [0.717, 1.165) is 17.0 Å². The molecular weight excluding hydrogens is 262 g/mol. The highest BCUT2D eigenvalue weighted by atomic mass is 35.5. The van der Waals surface area contributed by atoms with Crippen LogP contribution in [0.2, 0.25) is 5.02 Å². The third-order valence-electron chi connectivity index (χ3n) is 3.01. The molecule has 0 aliphatic heterocycles. The number of halogens is 1. The molecule has 0 aromatic heterocycles. The third-order valence-corrected chi connectivity index (χ3v) is 3.36. The summed E-state index contributed by atoms with van der Waals surface area (Å²) in [6.07, 6.45) is 0.526. The van der Waals surface area contributed by atoms with Gasteiger partial charge < -0.3 is 14.8 Å². The van der Waals surface area contributed by atoms with Gasteiger partial charge in [-0.2, -0.15) is 0 Å². The zero-order valence-electron chi connectivity index (χ0n) is 12.2. The number of aryl methyl sites for hydroxylation is 1. The quantitative estimate of drug-likeness (QED) is 0.744. The van der Waals surface area contributed by atoms with Crippen LogP contribution in [0.3, 0.4) is 0 Å². The van der Waals surface area contributed by atoms with Crippen molar-refractivity contribution in [3.63, 3.8) is 0 Å². The first-order chi connectivity index (χ1) is 9.12. The molecule has 0 amide bonds. The smallest absolute Gasteiger partial charge is 0.172 e. The molecule has 1 unspecified atom stereocenters. The molecule has 0 saturated carbocycles. The average molecular weight is 286 g/mol. The van der Waals surface area contributed by atoms with E-state index in [4.69, 9.17) is 21.1 Å². The Hall–Kier alpha value is -0.610. The van der Waals surface area contributed by atoms with Crippen LogP contribution in [0.25, 0.3) is 0 Å². The van der Waals surface area contributed by atoms with Gasteiger partial charge in [-0.1, -0.05) is 23.7 Å². The first-order valence-electron chi connectivity index (χ1n) is 6.77. The Kier molecular flexibility index (Phi) is 7.39. The number of likely N-dealkylation sites (N-methyl/N-ethyl adjacent to an activating group) is 1. The van der Waals surface area contributed by atoms with Crippen molar-refractivity contribution in [3.05, 3.63) is 34.3 Å². The van der Waals surface area contributed by atoms with Crippen LogP contribution in [0.15, 0.2) is 18.2 Å². The van der Waals surface area contributed by atoms with E-state index in [2.05, 4.69) is 17.4 Å². The van der Waals surface area contributed by atoms with Crippen LogP contribution >= 0.6 is 11.6 Å². The lowest BCUT2D eigenvalue weighted by Crippen LogP contribution is -2.43. The van der Waals surface area contributed by atoms with Crippen molar-refractivity contribution in [2.45, 2.75) is 39.5 Å². The number of hydrogen-bond acceptors (Lipinski definition) is 3. The highest BCUT2D eigenvalue weighted by molar-refractivity contribution is 6.31. The van der Waals surface area contributed by atoms with Gasteiger partial charge in [0.25, 0.3) is 0 Å². The van der Waals surface area contributed by atoms with E-state index < -0.39 is 0 Å². The largest absolute Gasteiger partial charge is 0.351 e. The maximum Gasteiger partial charge on any atom is 0.172 e. The molecule has 108 valence electrons. The SMILES string of the molecule is CCOC(OCC)C(Cc1ccc(C)cc1Cl)NC. The molecule has 1 aromatic carbocycles. The van der Waals surface area contributed by atoms with Gasteiger partial charge in [-0.05, 0) is 51.4 Å². The fraction of sp³-hybridized carbons (Fsp3) is 0.600. The highest BCUT2D eigenvalue weighted by Gasteiger charge is 2.21. The van der Waals surface area contributed by atoms with Gasteiger partial charge in [0.05, 0.1) is 6.04 Å². The van der Waals surface area contributed by atoms with E-state index in [1.165, 1.54) is 5.56 Å². The lowest BCUT2D eigenvalue weighted by Gasteiger charge is -2.26. The summed E-state index contributed by atoms with van der Waals surface area (Å²) >= 11 is 6.28. The van der Waals surface area contributed by atoms with Crippen LogP contribution in [-0.4, -0.2) is 32.6 Å². The number of ether oxygens (including phenoxy) is 2. The Balaban J connectivity index is 2.78. The first-order valence-corrected chi connectivity index (χ1v) is 7.15. The van der Waals surface area contributed by atoms with Crippen molar-refractivity contribution in [1.29, 1.82) is 0 Å². The van der Waals surface area contributed by atoms with E-state index in [1.807, 2.05) is 33.9 Å². The molecule has 19 heavy (non-hydrogen) atoms. The van der Waals surface area contributed by atoms with Gasteiger partial charge in [-0.15, -0.1) is 0 Å². The first kappa shape index (κ1) is 16.4. The normalized spacial score (nSPS) is 12.9. The summed E-state index contributed by atoms with van der Waals surface area (Å²) in [6.45, 7) is 7.23. The summed E-state index contributed by atoms with van der Waals surface area (Å²) < 4.78 is 11.3. The minimum Gasteiger partial charge on any atom is -0.351 e. The zero-order valence-corrected chi connectivity index (χ0v) is 13.0. The highest BCUT2D eigenvalue weighted by Crippen LogP contribution is 2.20. The number of benzene rings is 1. The number of rotatable bonds is 8. The predicted molar refractivity (Wildman–Crippen MR) is 79.8 cm³/mol. The summed E-state index contributed by atoms with van der Waals surface area (Å²) in [6, 6.07) is 6.21.